The molecule has 2 aromatic carbocycles. The molecule has 3 aromatic rings. The van der Waals surface area contributed by atoms with Crippen LogP contribution in [0.5, 0.6) is 0 Å². The highest BCUT2D eigenvalue weighted by Crippen LogP contribution is 2.19. The Morgan fingerprint density at radius 2 is 1.78 bits per heavy atom. The van der Waals surface area contributed by atoms with Gasteiger partial charge in [-0.25, -0.2) is 15.0 Å². The number of carboxylic acids is 1. The van der Waals surface area contributed by atoms with Crippen molar-refractivity contribution in [3.8, 4) is 0 Å². The SMILES string of the molecule is CC(=NC(N)=Nc1nc(C)c2ccc(C)cc2n1)c1ccccc1C(=O)[O-]. The van der Waals surface area contributed by atoms with Gasteiger partial charge in [0, 0.05) is 22.2 Å². The average Bonchev–Trinajstić information content (AvgIpc) is 2.61. The van der Waals surface area contributed by atoms with Crippen molar-refractivity contribution < 1.29 is 9.90 Å². The van der Waals surface area contributed by atoms with Gasteiger partial charge in [0.1, 0.15) is 0 Å². The lowest BCUT2D eigenvalue weighted by molar-refractivity contribution is -0.255. The van der Waals surface area contributed by atoms with Crippen molar-refractivity contribution in [3.63, 3.8) is 0 Å². The third-order valence-corrected chi connectivity index (χ3v) is 4.06. The molecule has 27 heavy (non-hydrogen) atoms. The normalized spacial score (nSPS) is 12.4. The number of carboxylic acid groups (broad SMARTS) is 1. The Kier molecular flexibility index (Phi) is 4.94. The zero-order valence-corrected chi connectivity index (χ0v) is 15.2. The van der Waals surface area contributed by atoms with Crippen LogP contribution < -0.4 is 10.8 Å². The highest BCUT2D eigenvalue weighted by atomic mass is 16.4. The second-order valence-corrected chi connectivity index (χ2v) is 6.13. The van der Waals surface area contributed by atoms with Gasteiger partial charge in [-0.15, -0.1) is 0 Å². The van der Waals surface area contributed by atoms with Crippen LogP contribution in [0.2, 0.25) is 0 Å². The van der Waals surface area contributed by atoms with Gasteiger partial charge in [-0.3, -0.25) is 0 Å². The Balaban J connectivity index is 1.99. The van der Waals surface area contributed by atoms with E-state index in [1.165, 1.54) is 6.07 Å². The van der Waals surface area contributed by atoms with E-state index in [1.54, 1.807) is 25.1 Å². The molecule has 0 fully saturated rings. The second-order valence-electron chi connectivity index (χ2n) is 6.13. The van der Waals surface area contributed by atoms with Crippen LogP contribution in [0.25, 0.3) is 10.9 Å². The van der Waals surface area contributed by atoms with Gasteiger partial charge in [0.25, 0.3) is 5.95 Å². The van der Waals surface area contributed by atoms with Crippen LogP contribution in [0.4, 0.5) is 5.95 Å². The van der Waals surface area contributed by atoms with Crippen LogP contribution >= 0.6 is 0 Å². The Morgan fingerprint density at radius 3 is 2.48 bits per heavy atom. The highest BCUT2D eigenvalue weighted by molar-refractivity contribution is 6.10. The predicted octanol–water partition coefficient (Wildman–Crippen LogP) is 2.07. The van der Waals surface area contributed by atoms with Crippen molar-refractivity contribution in [3.05, 3.63) is 64.8 Å². The summed E-state index contributed by atoms with van der Waals surface area (Å²) in [5.41, 5.74) is 9.42. The summed E-state index contributed by atoms with van der Waals surface area (Å²) >= 11 is 0. The number of rotatable bonds is 3. The largest absolute Gasteiger partial charge is 0.545 e. The summed E-state index contributed by atoms with van der Waals surface area (Å²) < 4.78 is 0. The van der Waals surface area contributed by atoms with Gasteiger partial charge in [0.15, 0.2) is 0 Å². The number of guanidine groups is 1. The molecule has 1 heterocycles. The molecule has 0 aliphatic heterocycles. The maximum Gasteiger partial charge on any atom is 0.253 e. The Morgan fingerprint density at radius 1 is 1.07 bits per heavy atom. The first kappa shape index (κ1) is 18.2. The molecule has 0 atom stereocenters. The summed E-state index contributed by atoms with van der Waals surface area (Å²) in [7, 11) is 0. The summed E-state index contributed by atoms with van der Waals surface area (Å²) in [6.07, 6.45) is 0. The summed E-state index contributed by atoms with van der Waals surface area (Å²) in [5.74, 6) is -1.14. The lowest BCUT2D eigenvalue weighted by atomic mass is 10.0. The number of carbonyl (C=O) groups excluding carboxylic acids is 1. The van der Waals surface area contributed by atoms with Gasteiger partial charge in [0.05, 0.1) is 17.2 Å². The van der Waals surface area contributed by atoms with Gasteiger partial charge in [-0.2, -0.15) is 4.99 Å². The highest BCUT2D eigenvalue weighted by Gasteiger charge is 2.08. The second kappa shape index (κ2) is 7.33. The van der Waals surface area contributed by atoms with Gasteiger partial charge in [0.2, 0.25) is 5.96 Å². The standard InChI is InChI=1S/C20H19N5O2/c1-11-8-9-15-13(3)23-20(24-17(15)10-11)25-19(21)22-12(2)14-6-4-5-7-16(14)18(26)27/h4-10H,1-3H3,(H,26,27)(H2,21,23,24,25)/p-1. The summed E-state index contributed by atoms with van der Waals surface area (Å²) in [4.78, 5) is 28.3. The van der Waals surface area contributed by atoms with Gasteiger partial charge >= 0.3 is 0 Å². The van der Waals surface area contributed by atoms with Crippen molar-refractivity contribution >= 4 is 34.5 Å². The Labute approximate surface area is 156 Å². The third-order valence-electron chi connectivity index (χ3n) is 4.06. The Bertz CT molecular complexity index is 1100. The first-order chi connectivity index (χ1) is 12.8. The van der Waals surface area contributed by atoms with E-state index in [4.69, 9.17) is 5.73 Å². The van der Waals surface area contributed by atoms with E-state index in [0.717, 1.165) is 22.2 Å². The molecule has 3 rings (SSSR count). The lowest BCUT2D eigenvalue weighted by Crippen LogP contribution is -2.25. The number of benzene rings is 2. The number of aliphatic imine (C=N–C) groups is 2. The van der Waals surface area contributed by atoms with Gasteiger partial charge in [-0.05, 0) is 32.4 Å². The van der Waals surface area contributed by atoms with Crippen molar-refractivity contribution in [1.82, 2.24) is 9.97 Å². The molecule has 0 radical (unpaired) electrons. The first-order valence-electron chi connectivity index (χ1n) is 8.30. The molecular formula is C20H18N5O2-. The molecule has 2 N–H and O–H groups in total. The minimum Gasteiger partial charge on any atom is -0.545 e. The number of hydrogen-bond acceptors (Lipinski definition) is 5. The topological polar surface area (TPSA) is 117 Å². The van der Waals surface area contributed by atoms with Gasteiger partial charge < -0.3 is 15.6 Å². The molecule has 0 unspecified atom stereocenters. The van der Waals surface area contributed by atoms with Crippen molar-refractivity contribution in [2.24, 2.45) is 15.7 Å². The van der Waals surface area contributed by atoms with Crippen molar-refractivity contribution in [2.45, 2.75) is 20.8 Å². The van der Waals surface area contributed by atoms with Crippen LogP contribution in [0, 0.1) is 13.8 Å². The molecular weight excluding hydrogens is 342 g/mol. The molecule has 0 aliphatic carbocycles. The predicted molar refractivity (Wildman–Crippen MR) is 103 cm³/mol. The minimum absolute atomic E-state index is 0.0415. The molecule has 0 saturated heterocycles. The molecule has 0 spiro atoms. The number of aromatic carboxylic acids is 1. The minimum atomic E-state index is -1.28. The summed E-state index contributed by atoms with van der Waals surface area (Å²) in [6.45, 7) is 5.51. The van der Waals surface area contributed by atoms with E-state index >= 15 is 0 Å². The van der Waals surface area contributed by atoms with E-state index in [1.807, 2.05) is 32.0 Å². The molecule has 7 heteroatoms. The molecule has 136 valence electrons. The number of hydrogen-bond donors (Lipinski definition) is 1. The molecule has 0 amide bonds. The molecule has 1 aromatic heterocycles. The molecule has 0 bridgehead atoms. The average molecular weight is 360 g/mol. The lowest BCUT2D eigenvalue weighted by Gasteiger charge is -2.09. The number of nitrogens with two attached hydrogens (primary N) is 1. The van der Waals surface area contributed by atoms with Gasteiger partial charge in [-0.1, -0.05) is 36.4 Å². The maximum atomic E-state index is 11.2. The number of aromatic nitrogens is 2. The number of carbonyl (C=O) groups is 1. The zero-order valence-electron chi connectivity index (χ0n) is 15.2. The number of aryl methyl sites for hydroxylation is 2. The fraction of sp³-hybridized carbons (Fsp3) is 0.150. The maximum absolute atomic E-state index is 11.2. The quantitative estimate of drug-likeness (QED) is 0.567. The number of nitrogens with zero attached hydrogens (tertiary/aromatic N) is 4. The molecule has 0 aliphatic rings. The first-order valence-corrected chi connectivity index (χ1v) is 8.30. The van der Waals surface area contributed by atoms with E-state index < -0.39 is 5.97 Å². The van der Waals surface area contributed by atoms with E-state index in [-0.39, 0.29) is 17.5 Å². The van der Waals surface area contributed by atoms with Crippen molar-refractivity contribution in [2.75, 3.05) is 0 Å². The monoisotopic (exact) mass is 360 g/mol. The third kappa shape index (κ3) is 3.98. The smallest absolute Gasteiger partial charge is 0.253 e. The van der Waals surface area contributed by atoms with E-state index in [0.29, 0.717) is 11.3 Å². The summed E-state index contributed by atoms with van der Waals surface area (Å²) in [6, 6.07) is 12.3. The van der Waals surface area contributed by atoms with E-state index in [9.17, 15) is 9.90 Å². The fourth-order valence-corrected chi connectivity index (χ4v) is 2.77. The van der Waals surface area contributed by atoms with Crippen LogP contribution in [-0.2, 0) is 0 Å². The van der Waals surface area contributed by atoms with E-state index in [2.05, 4.69) is 20.0 Å². The van der Waals surface area contributed by atoms with Crippen LogP contribution in [-0.4, -0.2) is 27.6 Å². The molecule has 0 saturated carbocycles. The van der Waals surface area contributed by atoms with Crippen LogP contribution in [0.15, 0.2) is 52.4 Å². The number of fused-ring (bicyclic) bond motifs is 1. The van der Waals surface area contributed by atoms with Crippen molar-refractivity contribution in [1.29, 1.82) is 0 Å². The van der Waals surface area contributed by atoms with Crippen LogP contribution in [0.1, 0.15) is 34.1 Å². The zero-order chi connectivity index (χ0) is 19.6. The van der Waals surface area contributed by atoms with Crippen LogP contribution in [0.3, 0.4) is 0 Å². The Hall–Kier alpha value is -3.61. The fourth-order valence-electron chi connectivity index (χ4n) is 2.77. The molecule has 7 nitrogen and oxygen atoms in total. The summed E-state index contributed by atoms with van der Waals surface area (Å²) in [5, 5.41) is 12.2.